The summed E-state index contributed by atoms with van der Waals surface area (Å²) in [5, 5.41) is 2.77. The smallest absolute Gasteiger partial charge is 0.270 e. The fraction of sp³-hybridized carbons (Fsp3) is 0.294. The number of carbonyl (C=O) groups excluding carboxylic acids is 1. The molecule has 0 spiro atoms. The molecule has 1 aliphatic rings. The fourth-order valence-electron chi connectivity index (χ4n) is 2.63. The molecule has 24 heavy (non-hydrogen) atoms. The second-order valence-electron chi connectivity index (χ2n) is 5.65. The third-order valence-electron chi connectivity index (χ3n) is 3.98. The van der Waals surface area contributed by atoms with Crippen LogP contribution in [0.5, 0.6) is 0 Å². The minimum absolute atomic E-state index is 0.260. The first-order chi connectivity index (χ1) is 11.6. The Hall–Kier alpha value is -2.25. The van der Waals surface area contributed by atoms with Gasteiger partial charge in [-0.2, -0.15) is 4.31 Å². The van der Waals surface area contributed by atoms with Crippen molar-refractivity contribution in [2.45, 2.75) is 24.3 Å². The maximum Gasteiger partial charge on any atom is 0.270 e. The van der Waals surface area contributed by atoms with E-state index in [4.69, 9.17) is 0 Å². The van der Waals surface area contributed by atoms with Crippen LogP contribution in [0.2, 0.25) is 0 Å². The van der Waals surface area contributed by atoms with Crippen LogP contribution >= 0.6 is 0 Å². The van der Waals surface area contributed by atoms with Crippen LogP contribution in [0.3, 0.4) is 0 Å². The van der Waals surface area contributed by atoms with Gasteiger partial charge in [0.1, 0.15) is 5.69 Å². The number of aromatic nitrogens is 1. The average molecular weight is 345 g/mol. The number of carbonyl (C=O) groups is 1. The molecule has 0 atom stereocenters. The van der Waals surface area contributed by atoms with Gasteiger partial charge in [-0.05, 0) is 42.7 Å². The van der Waals surface area contributed by atoms with E-state index in [0.717, 1.165) is 18.4 Å². The number of benzene rings is 1. The van der Waals surface area contributed by atoms with Crippen molar-refractivity contribution in [1.82, 2.24) is 14.6 Å². The van der Waals surface area contributed by atoms with Gasteiger partial charge < -0.3 is 5.32 Å². The van der Waals surface area contributed by atoms with Gasteiger partial charge in [-0.3, -0.25) is 9.78 Å². The quantitative estimate of drug-likeness (QED) is 0.896. The fourth-order valence-corrected chi connectivity index (χ4v) is 4.14. The number of hydrogen-bond acceptors (Lipinski definition) is 4. The molecule has 0 unspecified atom stereocenters. The molecular weight excluding hydrogens is 326 g/mol. The zero-order valence-corrected chi connectivity index (χ0v) is 14.0. The Kier molecular flexibility index (Phi) is 4.92. The molecule has 1 amide bonds. The van der Waals surface area contributed by atoms with Crippen LogP contribution in [0.25, 0.3) is 0 Å². The van der Waals surface area contributed by atoms with Crippen molar-refractivity contribution in [1.29, 1.82) is 0 Å². The van der Waals surface area contributed by atoms with Crippen LogP contribution in [-0.2, 0) is 16.6 Å². The summed E-state index contributed by atoms with van der Waals surface area (Å²) in [5.41, 5.74) is 1.19. The highest BCUT2D eigenvalue weighted by molar-refractivity contribution is 7.89. The minimum Gasteiger partial charge on any atom is -0.347 e. The number of nitrogens with one attached hydrogen (secondary N) is 1. The van der Waals surface area contributed by atoms with Crippen molar-refractivity contribution < 1.29 is 13.2 Å². The molecule has 1 saturated heterocycles. The van der Waals surface area contributed by atoms with Crippen molar-refractivity contribution in [3.8, 4) is 0 Å². The third-order valence-corrected chi connectivity index (χ3v) is 5.89. The van der Waals surface area contributed by atoms with Crippen LogP contribution in [0.4, 0.5) is 0 Å². The molecule has 7 heteroatoms. The molecule has 1 aromatic heterocycles. The molecule has 1 aliphatic heterocycles. The number of nitrogens with zero attached hydrogens (tertiary/aromatic N) is 2. The van der Waals surface area contributed by atoms with Gasteiger partial charge >= 0.3 is 0 Å². The van der Waals surface area contributed by atoms with Crippen molar-refractivity contribution in [3.05, 3.63) is 59.9 Å². The minimum atomic E-state index is -3.39. The van der Waals surface area contributed by atoms with E-state index in [1.54, 1.807) is 48.7 Å². The van der Waals surface area contributed by atoms with Gasteiger partial charge in [0.05, 0.1) is 4.90 Å². The summed E-state index contributed by atoms with van der Waals surface area (Å²) in [4.78, 5) is 16.2. The summed E-state index contributed by atoms with van der Waals surface area (Å²) in [7, 11) is -3.39. The summed E-state index contributed by atoms with van der Waals surface area (Å²) in [5.74, 6) is -0.260. The van der Waals surface area contributed by atoms with E-state index in [1.807, 2.05) is 0 Å². The van der Waals surface area contributed by atoms with Crippen molar-refractivity contribution in [3.63, 3.8) is 0 Å². The Morgan fingerprint density at radius 3 is 2.42 bits per heavy atom. The van der Waals surface area contributed by atoms with Gasteiger partial charge in [-0.1, -0.05) is 18.2 Å². The number of pyridine rings is 1. The van der Waals surface area contributed by atoms with Gasteiger partial charge in [0.25, 0.3) is 5.91 Å². The summed E-state index contributed by atoms with van der Waals surface area (Å²) < 4.78 is 26.4. The second-order valence-corrected chi connectivity index (χ2v) is 7.59. The van der Waals surface area contributed by atoms with E-state index in [2.05, 4.69) is 10.3 Å². The molecule has 0 aliphatic carbocycles. The normalized spacial score (nSPS) is 15.3. The highest BCUT2D eigenvalue weighted by Gasteiger charge is 2.26. The number of rotatable bonds is 5. The van der Waals surface area contributed by atoms with Crippen LogP contribution in [0.1, 0.15) is 28.9 Å². The molecule has 1 fully saturated rings. The second kappa shape index (κ2) is 7.11. The van der Waals surface area contributed by atoms with Crippen molar-refractivity contribution in [2.75, 3.05) is 13.1 Å². The largest absolute Gasteiger partial charge is 0.347 e. The molecular formula is C17H19N3O3S. The number of hydrogen-bond donors (Lipinski definition) is 1. The lowest BCUT2D eigenvalue weighted by Gasteiger charge is -2.15. The van der Waals surface area contributed by atoms with Gasteiger partial charge in [0.2, 0.25) is 10.0 Å². The summed E-state index contributed by atoms with van der Waals surface area (Å²) >= 11 is 0. The topological polar surface area (TPSA) is 79.4 Å². The predicted octanol–water partition coefficient (Wildman–Crippen LogP) is 1.80. The zero-order valence-electron chi connectivity index (χ0n) is 13.2. The summed E-state index contributed by atoms with van der Waals surface area (Å²) in [6, 6.07) is 11.8. The Balaban J connectivity index is 1.63. The molecule has 2 heterocycles. The molecule has 2 aromatic rings. The van der Waals surface area contributed by atoms with E-state index in [0.29, 0.717) is 30.2 Å². The van der Waals surface area contributed by atoms with Gasteiger partial charge in [-0.25, -0.2) is 8.42 Å². The average Bonchev–Trinajstić information content (AvgIpc) is 3.16. The van der Waals surface area contributed by atoms with Crippen molar-refractivity contribution in [2.24, 2.45) is 0 Å². The van der Waals surface area contributed by atoms with E-state index < -0.39 is 10.0 Å². The standard InChI is InChI=1S/C17H19N3O3S/c21-17(16-5-1-2-10-18-16)19-13-14-6-8-15(9-7-14)24(22,23)20-11-3-4-12-20/h1-2,5-10H,3-4,11-13H2,(H,19,21). The lowest BCUT2D eigenvalue weighted by Crippen LogP contribution is -2.28. The maximum atomic E-state index is 12.4. The van der Waals surface area contributed by atoms with Crippen LogP contribution in [0.15, 0.2) is 53.6 Å². The molecule has 0 bridgehead atoms. The third kappa shape index (κ3) is 3.63. The van der Waals surface area contributed by atoms with E-state index in [9.17, 15) is 13.2 Å². The Morgan fingerprint density at radius 1 is 1.08 bits per heavy atom. The Labute approximate surface area is 141 Å². The predicted molar refractivity (Wildman–Crippen MR) is 89.8 cm³/mol. The van der Waals surface area contributed by atoms with Crippen LogP contribution in [0, 0.1) is 0 Å². The highest BCUT2D eigenvalue weighted by atomic mass is 32.2. The highest BCUT2D eigenvalue weighted by Crippen LogP contribution is 2.21. The maximum absolute atomic E-state index is 12.4. The molecule has 1 aromatic carbocycles. The van der Waals surface area contributed by atoms with E-state index in [1.165, 1.54) is 4.31 Å². The molecule has 3 rings (SSSR count). The van der Waals surface area contributed by atoms with Gasteiger partial charge in [0.15, 0.2) is 0 Å². The molecule has 0 saturated carbocycles. The zero-order chi connectivity index (χ0) is 17.0. The Bertz CT molecular complexity index is 799. The Morgan fingerprint density at radius 2 is 1.79 bits per heavy atom. The first kappa shape index (κ1) is 16.6. The number of amides is 1. The molecule has 126 valence electrons. The first-order valence-electron chi connectivity index (χ1n) is 7.86. The lowest BCUT2D eigenvalue weighted by atomic mass is 10.2. The molecule has 1 N–H and O–H groups in total. The summed E-state index contributed by atoms with van der Waals surface area (Å²) in [6.45, 7) is 1.49. The SMILES string of the molecule is O=C(NCc1ccc(S(=O)(=O)N2CCCC2)cc1)c1ccccn1. The lowest BCUT2D eigenvalue weighted by molar-refractivity contribution is 0.0946. The van der Waals surface area contributed by atoms with Crippen LogP contribution in [-0.4, -0.2) is 36.7 Å². The summed E-state index contributed by atoms with van der Waals surface area (Å²) in [6.07, 6.45) is 3.39. The monoisotopic (exact) mass is 345 g/mol. The van der Waals surface area contributed by atoms with E-state index in [-0.39, 0.29) is 5.91 Å². The molecule has 0 radical (unpaired) electrons. The first-order valence-corrected chi connectivity index (χ1v) is 9.30. The van der Waals surface area contributed by atoms with Gasteiger partial charge in [0, 0.05) is 25.8 Å². The van der Waals surface area contributed by atoms with E-state index >= 15 is 0 Å². The molecule has 6 nitrogen and oxygen atoms in total. The van der Waals surface area contributed by atoms with Crippen molar-refractivity contribution >= 4 is 15.9 Å². The van der Waals surface area contributed by atoms with Crippen LogP contribution < -0.4 is 5.32 Å². The number of sulfonamides is 1. The van der Waals surface area contributed by atoms with Gasteiger partial charge in [-0.15, -0.1) is 0 Å².